The predicted octanol–water partition coefficient (Wildman–Crippen LogP) is 2.48. The summed E-state index contributed by atoms with van der Waals surface area (Å²) >= 11 is 5.08. The number of unbranched alkanes of at least 4 members (excludes halogenated alkanes) is 1. The largest absolute Gasteiger partial charge is 0.389 e. The van der Waals surface area contributed by atoms with Crippen molar-refractivity contribution in [2.24, 2.45) is 5.73 Å². The molecule has 0 radical (unpaired) electrons. The van der Waals surface area contributed by atoms with Crippen molar-refractivity contribution < 1.29 is 9.47 Å². The fraction of sp³-hybridized carbons (Fsp3) is 0.533. The second kappa shape index (κ2) is 9.69. The summed E-state index contributed by atoms with van der Waals surface area (Å²) in [5.74, 6) is 0. The van der Waals surface area contributed by atoms with Crippen LogP contribution >= 0.6 is 12.2 Å². The summed E-state index contributed by atoms with van der Waals surface area (Å²) in [4.78, 5) is 0.430. The molecule has 0 aliphatic carbocycles. The Balaban J connectivity index is 2.27. The van der Waals surface area contributed by atoms with E-state index in [1.54, 1.807) is 7.11 Å². The first-order valence-corrected chi connectivity index (χ1v) is 7.27. The molecule has 0 aliphatic rings. The lowest BCUT2D eigenvalue weighted by molar-refractivity contribution is 0.0691. The Morgan fingerprint density at radius 2 is 2.05 bits per heavy atom. The maximum absolute atomic E-state index is 5.74. The van der Waals surface area contributed by atoms with Gasteiger partial charge < -0.3 is 20.5 Å². The van der Waals surface area contributed by atoms with Crippen LogP contribution in [-0.2, 0) is 9.47 Å². The maximum atomic E-state index is 5.74. The van der Waals surface area contributed by atoms with Gasteiger partial charge in [0.25, 0.3) is 0 Å². The van der Waals surface area contributed by atoms with Crippen molar-refractivity contribution >= 4 is 22.9 Å². The van der Waals surface area contributed by atoms with E-state index < -0.39 is 0 Å². The molecule has 0 unspecified atom stereocenters. The van der Waals surface area contributed by atoms with Crippen LogP contribution in [0, 0.1) is 6.92 Å². The third kappa shape index (κ3) is 6.32. The van der Waals surface area contributed by atoms with E-state index >= 15 is 0 Å². The van der Waals surface area contributed by atoms with Crippen molar-refractivity contribution in [3.8, 4) is 0 Å². The lowest BCUT2D eigenvalue weighted by Crippen LogP contribution is -2.14. The Morgan fingerprint density at radius 3 is 2.75 bits per heavy atom. The predicted molar refractivity (Wildman–Crippen MR) is 87.5 cm³/mol. The van der Waals surface area contributed by atoms with Crippen LogP contribution in [0.15, 0.2) is 18.2 Å². The van der Waals surface area contributed by atoms with Gasteiger partial charge in [-0.15, -0.1) is 0 Å². The van der Waals surface area contributed by atoms with Crippen molar-refractivity contribution in [3.63, 3.8) is 0 Å². The standard InChI is InChI=1S/C15H24N2O2S/c1-12-5-6-14(13(11-12)15(16)20)17-7-3-4-8-19-10-9-18-2/h5-6,11,17H,3-4,7-10H2,1-2H3,(H2,16,20). The number of hydrogen-bond donors (Lipinski definition) is 2. The summed E-state index contributed by atoms with van der Waals surface area (Å²) in [6.45, 7) is 4.99. The van der Waals surface area contributed by atoms with Gasteiger partial charge in [0.1, 0.15) is 4.99 Å². The van der Waals surface area contributed by atoms with Gasteiger partial charge in [0.2, 0.25) is 0 Å². The Morgan fingerprint density at radius 1 is 1.25 bits per heavy atom. The topological polar surface area (TPSA) is 56.5 Å². The summed E-state index contributed by atoms with van der Waals surface area (Å²) in [5.41, 5.74) is 8.82. The van der Waals surface area contributed by atoms with E-state index in [1.807, 2.05) is 19.1 Å². The van der Waals surface area contributed by atoms with Crippen LogP contribution < -0.4 is 11.1 Å². The van der Waals surface area contributed by atoms with E-state index in [9.17, 15) is 0 Å². The van der Waals surface area contributed by atoms with Crippen molar-refractivity contribution in [2.45, 2.75) is 19.8 Å². The van der Waals surface area contributed by atoms with Gasteiger partial charge in [-0.25, -0.2) is 0 Å². The van der Waals surface area contributed by atoms with E-state index in [0.29, 0.717) is 18.2 Å². The van der Waals surface area contributed by atoms with Crippen LogP contribution in [0.5, 0.6) is 0 Å². The number of anilines is 1. The van der Waals surface area contributed by atoms with Crippen LogP contribution in [0.3, 0.4) is 0 Å². The molecule has 0 aliphatic heterocycles. The molecule has 1 aromatic carbocycles. The summed E-state index contributed by atoms with van der Waals surface area (Å²) in [6.07, 6.45) is 2.06. The molecule has 0 amide bonds. The number of methoxy groups -OCH3 is 1. The third-order valence-corrected chi connectivity index (χ3v) is 3.12. The molecule has 1 rings (SSSR count). The Hall–Kier alpha value is -1.17. The summed E-state index contributed by atoms with van der Waals surface area (Å²) in [5, 5.41) is 3.38. The van der Waals surface area contributed by atoms with Crippen molar-refractivity contribution in [1.82, 2.24) is 0 Å². The number of aryl methyl sites for hydroxylation is 1. The van der Waals surface area contributed by atoms with Crippen LogP contribution in [0.4, 0.5) is 5.69 Å². The molecule has 112 valence electrons. The van der Waals surface area contributed by atoms with Crippen molar-refractivity contribution in [2.75, 3.05) is 38.8 Å². The minimum absolute atomic E-state index is 0.430. The van der Waals surface area contributed by atoms with Crippen LogP contribution in [-0.4, -0.2) is 38.5 Å². The van der Waals surface area contributed by atoms with E-state index in [4.69, 9.17) is 27.4 Å². The molecule has 1 aromatic rings. The van der Waals surface area contributed by atoms with E-state index in [-0.39, 0.29) is 0 Å². The lowest BCUT2D eigenvalue weighted by Gasteiger charge is -2.12. The molecule has 0 aromatic heterocycles. The second-order valence-corrected chi connectivity index (χ2v) is 5.09. The normalized spacial score (nSPS) is 10.5. The molecule has 0 saturated heterocycles. The fourth-order valence-corrected chi connectivity index (χ4v) is 1.98. The minimum Gasteiger partial charge on any atom is -0.389 e. The molecule has 4 nitrogen and oxygen atoms in total. The molecule has 3 N–H and O–H groups in total. The molecule has 0 atom stereocenters. The minimum atomic E-state index is 0.430. The first kappa shape index (κ1) is 16.9. The van der Waals surface area contributed by atoms with Gasteiger partial charge in [0, 0.05) is 31.5 Å². The van der Waals surface area contributed by atoms with Crippen LogP contribution in [0.1, 0.15) is 24.0 Å². The van der Waals surface area contributed by atoms with Crippen molar-refractivity contribution in [1.29, 1.82) is 0 Å². The number of ether oxygens (including phenoxy) is 2. The SMILES string of the molecule is COCCOCCCCNc1ccc(C)cc1C(N)=S. The Bertz CT molecular complexity index is 424. The molecular weight excluding hydrogens is 272 g/mol. The number of nitrogens with one attached hydrogen (secondary N) is 1. The summed E-state index contributed by atoms with van der Waals surface area (Å²) in [7, 11) is 1.67. The summed E-state index contributed by atoms with van der Waals surface area (Å²) in [6, 6.07) is 6.09. The van der Waals surface area contributed by atoms with Gasteiger partial charge in [-0.2, -0.15) is 0 Å². The van der Waals surface area contributed by atoms with Gasteiger partial charge in [-0.1, -0.05) is 23.8 Å². The lowest BCUT2D eigenvalue weighted by atomic mass is 10.1. The Labute approximate surface area is 126 Å². The number of benzene rings is 1. The zero-order chi connectivity index (χ0) is 14.8. The zero-order valence-electron chi connectivity index (χ0n) is 12.3. The molecule has 20 heavy (non-hydrogen) atoms. The van der Waals surface area contributed by atoms with E-state index in [0.717, 1.165) is 42.8 Å². The number of thiocarbonyl (C=S) groups is 1. The molecule has 0 saturated carbocycles. The first-order valence-electron chi connectivity index (χ1n) is 6.86. The quantitative estimate of drug-likeness (QED) is 0.513. The monoisotopic (exact) mass is 296 g/mol. The van der Waals surface area contributed by atoms with Gasteiger partial charge in [-0.05, 0) is 31.9 Å². The van der Waals surface area contributed by atoms with Crippen molar-refractivity contribution in [3.05, 3.63) is 29.3 Å². The highest BCUT2D eigenvalue weighted by Crippen LogP contribution is 2.17. The van der Waals surface area contributed by atoms with E-state index in [2.05, 4.69) is 11.4 Å². The summed E-state index contributed by atoms with van der Waals surface area (Å²) < 4.78 is 10.3. The van der Waals surface area contributed by atoms with Crippen LogP contribution in [0.25, 0.3) is 0 Å². The van der Waals surface area contributed by atoms with E-state index in [1.165, 1.54) is 0 Å². The molecule has 0 heterocycles. The van der Waals surface area contributed by atoms with Crippen LogP contribution in [0.2, 0.25) is 0 Å². The van der Waals surface area contributed by atoms with Gasteiger partial charge >= 0.3 is 0 Å². The number of hydrogen-bond acceptors (Lipinski definition) is 4. The average Bonchev–Trinajstić information content (AvgIpc) is 2.43. The molecule has 0 fully saturated rings. The first-order chi connectivity index (χ1) is 9.65. The number of nitrogens with two attached hydrogens (primary N) is 1. The zero-order valence-corrected chi connectivity index (χ0v) is 13.1. The highest BCUT2D eigenvalue weighted by Gasteiger charge is 2.04. The Kier molecular flexibility index (Phi) is 8.18. The number of rotatable bonds is 10. The third-order valence-electron chi connectivity index (χ3n) is 2.90. The second-order valence-electron chi connectivity index (χ2n) is 4.65. The fourth-order valence-electron chi connectivity index (χ4n) is 1.81. The molecular formula is C15H24N2O2S. The average molecular weight is 296 g/mol. The highest BCUT2D eigenvalue weighted by molar-refractivity contribution is 7.80. The maximum Gasteiger partial charge on any atom is 0.106 e. The molecule has 0 spiro atoms. The highest BCUT2D eigenvalue weighted by atomic mass is 32.1. The van der Waals surface area contributed by atoms with Gasteiger partial charge in [0.05, 0.1) is 13.2 Å². The van der Waals surface area contributed by atoms with Gasteiger partial charge in [-0.3, -0.25) is 0 Å². The molecule has 5 heteroatoms. The molecule has 0 bridgehead atoms. The van der Waals surface area contributed by atoms with Gasteiger partial charge in [0.15, 0.2) is 0 Å². The smallest absolute Gasteiger partial charge is 0.106 e.